The van der Waals surface area contributed by atoms with Crippen LogP contribution in [-0.4, -0.2) is 17.8 Å². The van der Waals surface area contributed by atoms with Crippen molar-refractivity contribution in [3.63, 3.8) is 0 Å². The number of para-hydroxylation sites is 3. The van der Waals surface area contributed by atoms with E-state index in [9.17, 15) is 0 Å². The number of ether oxygens (including phenoxy) is 2. The van der Waals surface area contributed by atoms with Gasteiger partial charge < -0.3 is 14.4 Å². The summed E-state index contributed by atoms with van der Waals surface area (Å²) in [4.78, 5) is 7.12. The fourth-order valence-corrected chi connectivity index (χ4v) is 4.83. The summed E-state index contributed by atoms with van der Waals surface area (Å²) in [7, 11) is 0. The standard InChI is InChI=1S/C27H22N2O2/c1-2-10-19(11-3-1)26-20-12-4-5-14-22(20)29(27(26)21-13-8-9-17-28-21)25-18-30-23-15-6-7-16-24(23)31-25/h1-17,25-27H,18H2. The smallest absolute Gasteiger partial charge is 0.207 e. The van der Waals surface area contributed by atoms with Gasteiger partial charge in [0.25, 0.3) is 0 Å². The normalized spacial score (nSPS) is 21.5. The Bertz CT molecular complexity index is 1200. The van der Waals surface area contributed by atoms with Crippen LogP contribution in [0, 0.1) is 0 Å². The predicted molar refractivity (Wildman–Crippen MR) is 121 cm³/mol. The molecule has 0 bridgehead atoms. The monoisotopic (exact) mass is 406 g/mol. The highest BCUT2D eigenvalue weighted by Crippen LogP contribution is 2.53. The van der Waals surface area contributed by atoms with Crippen molar-refractivity contribution >= 4 is 5.69 Å². The number of hydrogen-bond acceptors (Lipinski definition) is 4. The van der Waals surface area contributed by atoms with Gasteiger partial charge in [-0.25, -0.2) is 0 Å². The molecule has 2 aliphatic heterocycles. The Labute approximate surface area is 181 Å². The first-order valence-electron chi connectivity index (χ1n) is 10.6. The fraction of sp³-hybridized carbons (Fsp3) is 0.148. The quantitative estimate of drug-likeness (QED) is 0.445. The van der Waals surface area contributed by atoms with Gasteiger partial charge in [0, 0.05) is 17.8 Å². The maximum absolute atomic E-state index is 6.48. The molecule has 0 saturated heterocycles. The Balaban J connectivity index is 1.51. The third-order valence-corrected chi connectivity index (χ3v) is 6.12. The molecule has 3 atom stereocenters. The number of fused-ring (bicyclic) bond motifs is 2. The molecule has 3 heterocycles. The van der Waals surface area contributed by atoms with Gasteiger partial charge in [-0.05, 0) is 41.5 Å². The van der Waals surface area contributed by atoms with E-state index in [0.29, 0.717) is 6.61 Å². The largest absolute Gasteiger partial charge is 0.484 e. The van der Waals surface area contributed by atoms with Crippen LogP contribution in [0.4, 0.5) is 5.69 Å². The van der Waals surface area contributed by atoms with Crippen molar-refractivity contribution in [1.29, 1.82) is 0 Å². The minimum Gasteiger partial charge on any atom is -0.484 e. The molecule has 31 heavy (non-hydrogen) atoms. The molecule has 1 aromatic heterocycles. The van der Waals surface area contributed by atoms with E-state index in [4.69, 9.17) is 14.5 Å². The molecule has 0 N–H and O–H groups in total. The molecule has 152 valence electrons. The van der Waals surface area contributed by atoms with E-state index >= 15 is 0 Å². The van der Waals surface area contributed by atoms with Gasteiger partial charge >= 0.3 is 0 Å². The Morgan fingerprint density at radius 1 is 0.742 bits per heavy atom. The van der Waals surface area contributed by atoms with Crippen LogP contribution in [0.3, 0.4) is 0 Å². The van der Waals surface area contributed by atoms with Crippen LogP contribution in [0.2, 0.25) is 0 Å². The topological polar surface area (TPSA) is 34.6 Å². The average Bonchev–Trinajstić information content (AvgIpc) is 3.20. The first-order chi connectivity index (χ1) is 15.4. The lowest BCUT2D eigenvalue weighted by atomic mass is 9.86. The van der Waals surface area contributed by atoms with Crippen molar-refractivity contribution in [2.45, 2.75) is 18.2 Å². The summed E-state index contributed by atoms with van der Waals surface area (Å²) in [6, 6.07) is 33.3. The molecule has 0 amide bonds. The van der Waals surface area contributed by atoms with Crippen molar-refractivity contribution in [2.24, 2.45) is 0 Å². The minimum absolute atomic E-state index is 0.000128. The van der Waals surface area contributed by atoms with Crippen LogP contribution in [-0.2, 0) is 0 Å². The lowest BCUT2D eigenvalue weighted by molar-refractivity contribution is 0.0821. The van der Waals surface area contributed by atoms with Crippen LogP contribution in [0.15, 0.2) is 103 Å². The van der Waals surface area contributed by atoms with E-state index in [1.54, 1.807) is 0 Å². The second-order valence-corrected chi connectivity index (χ2v) is 7.88. The predicted octanol–water partition coefficient (Wildman–Crippen LogP) is 5.57. The molecule has 2 aliphatic rings. The maximum Gasteiger partial charge on any atom is 0.207 e. The van der Waals surface area contributed by atoms with Gasteiger partial charge in [-0.2, -0.15) is 0 Å². The van der Waals surface area contributed by atoms with Gasteiger partial charge in [-0.3, -0.25) is 4.98 Å². The van der Waals surface area contributed by atoms with Crippen molar-refractivity contribution in [2.75, 3.05) is 11.5 Å². The third kappa shape index (κ3) is 3.03. The van der Waals surface area contributed by atoms with Gasteiger partial charge in [-0.15, -0.1) is 0 Å². The lowest BCUT2D eigenvalue weighted by Crippen LogP contribution is -2.46. The molecule has 4 nitrogen and oxygen atoms in total. The van der Waals surface area contributed by atoms with Crippen molar-refractivity contribution in [3.8, 4) is 11.5 Å². The highest BCUT2D eigenvalue weighted by molar-refractivity contribution is 5.66. The SMILES string of the molecule is c1ccc(C2c3ccccc3N(C3COc4ccccc4O3)C2c2ccccn2)cc1. The zero-order chi connectivity index (χ0) is 20.6. The van der Waals surface area contributed by atoms with E-state index in [1.165, 1.54) is 16.8 Å². The average molecular weight is 406 g/mol. The summed E-state index contributed by atoms with van der Waals surface area (Å²) in [5.41, 5.74) is 4.74. The highest BCUT2D eigenvalue weighted by Gasteiger charge is 2.45. The summed E-state index contributed by atoms with van der Waals surface area (Å²) >= 11 is 0. The Morgan fingerprint density at radius 3 is 2.32 bits per heavy atom. The summed E-state index contributed by atoms with van der Waals surface area (Å²) in [5, 5.41) is 0. The number of nitrogens with zero attached hydrogens (tertiary/aromatic N) is 2. The zero-order valence-corrected chi connectivity index (χ0v) is 17.0. The molecule has 4 aromatic rings. The van der Waals surface area contributed by atoms with Gasteiger partial charge in [-0.1, -0.05) is 66.7 Å². The molecular formula is C27H22N2O2. The van der Waals surface area contributed by atoms with Crippen molar-refractivity contribution in [1.82, 2.24) is 4.98 Å². The second kappa shape index (κ2) is 7.47. The molecule has 3 unspecified atom stereocenters. The van der Waals surface area contributed by atoms with Gasteiger partial charge in [0.05, 0.1) is 11.7 Å². The number of aromatic nitrogens is 1. The summed E-state index contributed by atoms with van der Waals surface area (Å²) in [5.74, 6) is 1.72. The Hall–Kier alpha value is -3.79. The van der Waals surface area contributed by atoms with E-state index in [1.807, 2.05) is 36.5 Å². The molecule has 3 aromatic carbocycles. The molecule has 0 saturated carbocycles. The van der Waals surface area contributed by atoms with E-state index in [-0.39, 0.29) is 18.2 Å². The number of rotatable bonds is 3. The first-order valence-corrected chi connectivity index (χ1v) is 10.6. The number of anilines is 1. The molecule has 4 heteroatoms. The van der Waals surface area contributed by atoms with E-state index in [2.05, 4.69) is 71.6 Å². The number of benzene rings is 3. The van der Waals surface area contributed by atoms with E-state index in [0.717, 1.165) is 17.2 Å². The van der Waals surface area contributed by atoms with Crippen LogP contribution in [0.25, 0.3) is 0 Å². The van der Waals surface area contributed by atoms with E-state index < -0.39 is 0 Å². The third-order valence-electron chi connectivity index (χ3n) is 6.12. The van der Waals surface area contributed by atoms with Crippen molar-refractivity contribution < 1.29 is 9.47 Å². The second-order valence-electron chi connectivity index (χ2n) is 7.88. The zero-order valence-electron chi connectivity index (χ0n) is 17.0. The molecular weight excluding hydrogens is 384 g/mol. The minimum atomic E-state index is -0.253. The first kappa shape index (κ1) is 18.0. The van der Waals surface area contributed by atoms with Crippen LogP contribution >= 0.6 is 0 Å². The fourth-order valence-electron chi connectivity index (χ4n) is 4.83. The lowest BCUT2D eigenvalue weighted by Gasteiger charge is -2.39. The number of hydrogen-bond donors (Lipinski definition) is 0. The molecule has 0 spiro atoms. The van der Waals surface area contributed by atoms with Crippen molar-refractivity contribution in [3.05, 3.63) is 120 Å². The van der Waals surface area contributed by atoms with Crippen LogP contribution in [0.5, 0.6) is 11.5 Å². The molecule has 6 rings (SSSR count). The Kier molecular flexibility index (Phi) is 4.34. The molecule has 0 radical (unpaired) electrons. The highest BCUT2D eigenvalue weighted by atomic mass is 16.6. The summed E-state index contributed by atoms with van der Waals surface area (Å²) < 4.78 is 12.6. The summed E-state index contributed by atoms with van der Waals surface area (Å²) in [6.45, 7) is 0.455. The maximum atomic E-state index is 6.48. The Morgan fingerprint density at radius 2 is 1.48 bits per heavy atom. The molecule has 0 aliphatic carbocycles. The molecule has 0 fully saturated rings. The van der Waals surface area contributed by atoms with Crippen LogP contribution < -0.4 is 14.4 Å². The van der Waals surface area contributed by atoms with Gasteiger partial charge in [0.15, 0.2) is 11.5 Å². The van der Waals surface area contributed by atoms with Crippen LogP contribution in [0.1, 0.15) is 28.8 Å². The summed E-state index contributed by atoms with van der Waals surface area (Å²) in [6.07, 6.45) is 1.61. The number of pyridine rings is 1. The van der Waals surface area contributed by atoms with Gasteiger partial charge in [0.2, 0.25) is 6.23 Å². The van der Waals surface area contributed by atoms with Gasteiger partial charge in [0.1, 0.15) is 6.61 Å².